The average Bonchev–Trinajstić information content (AvgIpc) is 2.44. The van der Waals surface area contributed by atoms with Crippen molar-refractivity contribution in [1.29, 1.82) is 0 Å². The zero-order valence-electron chi connectivity index (χ0n) is 13.8. The first-order chi connectivity index (χ1) is 10.7. The third-order valence-electron chi connectivity index (χ3n) is 3.20. The molecule has 0 unspecified atom stereocenters. The fourth-order valence-electron chi connectivity index (χ4n) is 1.94. The predicted octanol–water partition coefficient (Wildman–Crippen LogP) is 1.17. The maximum Gasteiger partial charge on any atom is 0.235 e. The Balaban J connectivity index is 2.51. The number of benzene rings is 1. The quantitative estimate of drug-likeness (QED) is 0.716. The summed E-state index contributed by atoms with van der Waals surface area (Å²) in [5.41, 5.74) is 0.904. The molecule has 0 heterocycles. The van der Waals surface area contributed by atoms with Gasteiger partial charge in [0.2, 0.25) is 15.9 Å². The Kier molecular flexibility index (Phi) is 7.98. The fraction of sp³-hybridized carbons (Fsp3) is 0.533. The van der Waals surface area contributed by atoms with Crippen LogP contribution in [0.5, 0.6) is 0 Å². The van der Waals surface area contributed by atoms with Gasteiger partial charge < -0.3 is 10.2 Å². The van der Waals surface area contributed by atoms with Crippen LogP contribution in [0.3, 0.4) is 0 Å². The van der Waals surface area contributed by atoms with Crippen molar-refractivity contribution in [2.45, 2.75) is 13.0 Å². The van der Waals surface area contributed by atoms with Crippen LogP contribution in [0.15, 0.2) is 24.3 Å². The van der Waals surface area contributed by atoms with E-state index in [4.69, 9.17) is 11.6 Å². The Bertz CT molecular complexity index is 603. The maximum absolute atomic E-state index is 12.0. The number of carbonyl (C=O) groups excluding carboxylic acids is 1. The van der Waals surface area contributed by atoms with E-state index in [9.17, 15) is 13.2 Å². The Labute approximate surface area is 143 Å². The lowest BCUT2D eigenvalue weighted by molar-refractivity contribution is -0.121. The van der Waals surface area contributed by atoms with Crippen molar-refractivity contribution in [3.8, 4) is 0 Å². The highest BCUT2D eigenvalue weighted by Gasteiger charge is 2.19. The topological polar surface area (TPSA) is 69.7 Å². The Morgan fingerprint density at radius 1 is 1.17 bits per heavy atom. The van der Waals surface area contributed by atoms with Gasteiger partial charge in [0, 0.05) is 18.1 Å². The molecule has 0 saturated carbocycles. The molecule has 1 aromatic carbocycles. The van der Waals surface area contributed by atoms with E-state index in [0.29, 0.717) is 24.5 Å². The second-order valence-corrected chi connectivity index (χ2v) is 8.08. The van der Waals surface area contributed by atoms with Crippen molar-refractivity contribution < 1.29 is 13.2 Å². The van der Waals surface area contributed by atoms with Gasteiger partial charge in [0.1, 0.15) is 0 Å². The summed E-state index contributed by atoms with van der Waals surface area (Å²) in [6.45, 7) is 1.26. The second kappa shape index (κ2) is 9.22. The number of nitrogens with one attached hydrogen (secondary N) is 1. The van der Waals surface area contributed by atoms with Crippen LogP contribution in [0.1, 0.15) is 12.0 Å². The number of hydrogen-bond donors (Lipinski definition) is 1. The molecule has 1 amide bonds. The lowest BCUT2D eigenvalue weighted by Gasteiger charge is -2.20. The molecule has 1 rings (SSSR count). The molecule has 8 heteroatoms. The molecular formula is C15H24ClN3O3S. The highest BCUT2D eigenvalue weighted by molar-refractivity contribution is 7.88. The molecule has 0 aliphatic heterocycles. The minimum Gasteiger partial charge on any atom is -0.351 e. The van der Waals surface area contributed by atoms with Crippen LogP contribution in [0.2, 0.25) is 5.02 Å². The maximum atomic E-state index is 12.0. The first-order valence-electron chi connectivity index (χ1n) is 7.29. The lowest BCUT2D eigenvalue weighted by atomic mass is 10.2. The molecule has 0 fully saturated rings. The number of amides is 1. The summed E-state index contributed by atoms with van der Waals surface area (Å²) >= 11 is 5.80. The van der Waals surface area contributed by atoms with Crippen molar-refractivity contribution in [3.05, 3.63) is 34.9 Å². The number of nitrogens with zero attached hydrogens (tertiary/aromatic N) is 2. The minimum atomic E-state index is -3.41. The molecular weight excluding hydrogens is 338 g/mol. The summed E-state index contributed by atoms with van der Waals surface area (Å²) in [5.74, 6) is -0.324. The number of hydrogen-bond acceptors (Lipinski definition) is 4. The molecule has 0 atom stereocenters. The van der Waals surface area contributed by atoms with Gasteiger partial charge >= 0.3 is 0 Å². The monoisotopic (exact) mass is 361 g/mol. The largest absolute Gasteiger partial charge is 0.351 e. The van der Waals surface area contributed by atoms with Crippen LogP contribution in [0.25, 0.3) is 0 Å². The zero-order chi connectivity index (χ0) is 17.5. The van der Waals surface area contributed by atoms with E-state index >= 15 is 0 Å². The SMILES string of the molecule is CN(C)CCCN(CC(=O)NCc1ccc(Cl)cc1)S(C)(=O)=O. The molecule has 23 heavy (non-hydrogen) atoms. The van der Waals surface area contributed by atoms with Gasteiger partial charge in [0.25, 0.3) is 0 Å². The van der Waals surface area contributed by atoms with Gasteiger partial charge in [0.15, 0.2) is 0 Å². The van der Waals surface area contributed by atoms with Gasteiger partial charge in [-0.25, -0.2) is 8.42 Å². The summed E-state index contributed by atoms with van der Waals surface area (Å²) < 4.78 is 24.7. The summed E-state index contributed by atoms with van der Waals surface area (Å²) in [6.07, 6.45) is 1.79. The van der Waals surface area contributed by atoms with E-state index in [2.05, 4.69) is 5.32 Å². The van der Waals surface area contributed by atoms with Crippen molar-refractivity contribution in [2.75, 3.05) is 40.0 Å². The molecule has 1 N–H and O–H groups in total. The molecule has 0 bridgehead atoms. The number of sulfonamides is 1. The van der Waals surface area contributed by atoms with E-state index in [1.807, 2.05) is 31.1 Å². The molecule has 1 aromatic rings. The Morgan fingerprint density at radius 2 is 1.78 bits per heavy atom. The third kappa shape index (κ3) is 8.31. The van der Waals surface area contributed by atoms with E-state index in [0.717, 1.165) is 18.4 Å². The van der Waals surface area contributed by atoms with Crippen molar-refractivity contribution >= 4 is 27.5 Å². The minimum absolute atomic E-state index is 0.167. The van der Waals surface area contributed by atoms with Crippen LogP contribution in [-0.4, -0.2) is 63.5 Å². The van der Waals surface area contributed by atoms with E-state index in [1.165, 1.54) is 4.31 Å². The van der Waals surface area contributed by atoms with Gasteiger partial charge in [-0.15, -0.1) is 0 Å². The van der Waals surface area contributed by atoms with Gasteiger partial charge in [-0.3, -0.25) is 4.79 Å². The summed E-state index contributed by atoms with van der Waals surface area (Å²) in [7, 11) is 0.431. The highest BCUT2D eigenvalue weighted by atomic mass is 35.5. The van der Waals surface area contributed by atoms with Gasteiger partial charge in [-0.1, -0.05) is 23.7 Å². The normalized spacial score (nSPS) is 11.9. The van der Waals surface area contributed by atoms with Gasteiger partial charge in [-0.2, -0.15) is 4.31 Å². The van der Waals surface area contributed by atoms with Gasteiger partial charge in [0.05, 0.1) is 12.8 Å². The molecule has 0 aliphatic rings. The summed E-state index contributed by atoms with van der Waals surface area (Å²) in [6, 6.07) is 7.11. The molecule has 6 nitrogen and oxygen atoms in total. The fourth-order valence-corrected chi connectivity index (χ4v) is 2.88. The number of halogens is 1. The van der Waals surface area contributed by atoms with E-state index in [-0.39, 0.29) is 12.5 Å². The highest BCUT2D eigenvalue weighted by Crippen LogP contribution is 2.09. The van der Waals surface area contributed by atoms with E-state index < -0.39 is 10.0 Å². The molecule has 0 aromatic heterocycles. The standard InChI is InChI=1S/C15H24ClN3O3S/c1-18(2)9-4-10-19(23(3,21)22)12-15(20)17-11-13-5-7-14(16)8-6-13/h5-8H,4,9-12H2,1-3H3,(H,17,20). The number of rotatable bonds is 9. The smallest absolute Gasteiger partial charge is 0.235 e. The first-order valence-corrected chi connectivity index (χ1v) is 9.52. The Hall–Kier alpha value is -1.15. The van der Waals surface area contributed by atoms with Crippen LogP contribution in [0, 0.1) is 0 Å². The van der Waals surface area contributed by atoms with Crippen molar-refractivity contribution in [1.82, 2.24) is 14.5 Å². The van der Waals surface area contributed by atoms with Crippen LogP contribution in [0.4, 0.5) is 0 Å². The third-order valence-corrected chi connectivity index (χ3v) is 4.71. The zero-order valence-corrected chi connectivity index (χ0v) is 15.3. The van der Waals surface area contributed by atoms with Gasteiger partial charge in [-0.05, 0) is 44.8 Å². The Morgan fingerprint density at radius 3 is 2.30 bits per heavy atom. The van der Waals surface area contributed by atoms with Crippen molar-refractivity contribution in [2.24, 2.45) is 0 Å². The molecule has 130 valence electrons. The molecule has 0 radical (unpaired) electrons. The van der Waals surface area contributed by atoms with Crippen LogP contribution >= 0.6 is 11.6 Å². The number of carbonyl (C=O) groups is 1. The van der Waals surface area contributed by atoms with Crippen LogP contribution in [-0.2, 0) is 21.4 Å². The average molecular weight is 362 g/mol. The lowest BCUT2D eigenvalue weighted by Crippen LogP contribution is -2.41. The summed E-state index contributed by atoms with van der Waals surface area (Å²) in [4.78, 5) is 14.0. The predicted molar refractivity (Wildman–Crippen MR) is 92.9 cm³/mol. The van der Waals surface area contributed by atoms with Crippen molar-refractivity contribution in [3.63, 3.8) is 0 Å². The van der Waals surface area contributed by atoms with E-state index in [1.54, 1.807) is 12.1 Å². The molecule has 0 saturated heterocycles. The molecule has 0 spiro atoms. The molecule has 0 aliphatic carbocycles. The second-order valence-electron chi connectivity index (χ2n) is 5.66. The first kappa shape index (κ1) is 19.9. The summed E-state index contributed by atoms with van der Waals surface area (Å²) in [5, 5.41) is 3.35. The van der Waals surface area contributed by atoms with Crippen LogP contribution < -0.4 is 5.32 Å².